The number of aryl methyl sites for hydroxylation is 1. The van der Waals surface area contributed by atoms with E-state index in [1.165, 1.54) is 24.1 Å². The Kier molecular flexibility index (Phi) is 3.63. The molecule has 1 saturated carbocycles. The van der Waals surface area contributed by atoms with Crippen molar-refractivity contribution < 1.29 is 0 Å². The molecule has 1 aromatic rings. The lowest BCUT2D eigenvalue weighted by Gasteiger charge is -2.05. The van der Waals surface area contributed by atoms with Gasteiger partial charge in [0.1, 0.15) is 0 Å². The van der Waals surface area contributed by atoms with E-state index in [-0.39, 0.29) is 0 Å². The first-order chi connectivity index (χ1) is 7.81. The van der Waals surface area contributed by atoms with Crippen LogP contribution in [0.3, 0.4) is 0 Å². The second kappa shape index (κ2) is 5.18. The zero-order valence-electron chi connectivity index (χ0n) is 9.87. The second-order valence-electron chi connectivity index (χ2n) is 4.44. The van der Waals surface area contributed by atoms with Gasteiger partial charge in [-0.3, -0.25) is 4.68 Å². The van der Waals surface area contributed by atoms with Crippen LogP contribution in [0.1, 0.15) is 36.9 Å². The molecular weight excluding hydrogens is 198 g/mol. The Morgan fingerprint density at radius 2 is 2.44 bits per heavy atom. The minimum Gasteiger partial charge on any atom is -0.310 e. The monoisotopic (exact) mass is 217 g/mol. The molecule has 0 unspecified atom stereocenters. The molecular formula is C13H19N3. The van der Waals surface area contributed by atoms with Gasteiger partial charge >= 0.3 is 0 Å². The molecule has 2 rings (SSSR count). The van der Waals surface area contributed by atoms with Crippen molar-refractivity contribution in [3.63, 3.8) is 0 Å². The van der Waals surface area contributed by atoms with Gasteiger partial charge in [0.25, 0.3) is 0 Å². The summed E-state index contributed by atoms with van der Waals surface area (Å²) in [7, 11) is 0. The van der Waals surface area contributed by atoms with Crippen LogP contribution in [0.4, 0.5) is 0 Å². The van der Waals surface area contributed by atoms with Crippen molar-refractivity contribution in [2.45, 2.75) is 51.7 Å². The topological polar surface area (TPSA) is 29.9 Å². The average molecular weight is 217 g/mol. The van der Waals surface area contributed by atoms with Crippen molar-refractivity contribution in [1.29, 1.82) is 0 Å². The van der Waals surface area contributed by atoms with Gasteiger partial charge in [0.05, 0.1) is 6.20 Å². The lowest BCUT2D eigenvalue weighted by molar-refractivity contribution is 0.570. The smallest absolute Gasteiger partial charge is 0.0537 e. The van der Waals surface area contributed by atoms with Gasteiger partial charge in [0.15, 0.2) is 0 Å². The van der Waals surface area contributed by atoms with Gasteiger partial charge in [-0.1, -0.05) is 0 Å². The molecule has 0 amide bonds. The maximum absolute atomic E-state index is 5.23. The van der Waals surface area contributed by atoms with Crippen LogP contribution < -0.4 is 5.32 Å². The normalized spacial score (nSPS) is 15.0. The Morgan fingerprint density at radius 3 is 3.12 bits per heavy atom. The summed E-state index contributed by atoms with van der Waals surface area (Å²) in [4.78, 5) is 0. The molecule has 16 heavy (non-hydrogen) atoms. The summed E-state index contributed by atoms with van der Waals surface area (Å²) in [5.74, 6) is 2.66. The van der Waals surface area contributed by atoms with Gasteiger partial charge in [-0.2, -0.15) is 5.10 Å². The number of nitrogens with zero attached hydrogens (tertiary/aromatic N) is 2. The highest BCUT2D eigenvalue weighted by Gasteiger charge is 2.20. The molecule has 0 bridgehead atoms. The highest BCUT2D eigenvalue weighted by molar-refractivity contribution is 5.16. The van der Waals surface area contributed by atoms with E-state index in [9.17, 15) is 0 Å². The molecule has 86 valence electrons. The van der Waals surface area contributed by atoms with E-state index in [4.69, 9.17) is 6.42 Å². The number of aromatic nitrogens is 2. The summed E-state index contributed by atoms with van der Waals surface area (Å²) in [6, 6.07) is 0.754. The van der Waals surface area contributed by atoms with Crippen LogP contribution in [0, 0.1) is 19.3 Å². The Balaban J connectivity index is 1.86. The van der Waals surface area contributed by atoms with Crippen LogP contribution in [0.5, 0.6) is 0 Å². The number of terminal acetylenes is 1. The number of hydrogen-bond acceptors (Lipinski definition) is 2. The molecule has 1 fully saturated rings. The zero-order valence-corrected chi connectivity index (χ0v) is 9.87. The molecule has 1 aromatic heterocycles. The molecule has 0 atom stereocenters. The molecule has 0 spiro atoms. The van der Waals surface area contributed by atoms with Crippen molar-refractivity contribution in [3.05, 3.63) is 17.5 Å². The van der Waals surface area contributed by atoms with Crippen molar-refractivity contribution in [1.82, 2.24) is 15.1 Å². The first kappa shape index (κ1) is 11.2. The van der Waals surface area contributed by atoms with E-state index in [1.54, 1.807) is 0 Å². The van der Waals surface area contributed by atoms with Crippen LogP contribution in [-0.2, 0) is 13.1 Å². The molecule has 3 heteroatoms. The SMILES string of the molecule is C#CCCCn1ncc(CNC2CC2)c1C. The summed E-state index contributed by atoms with van der Waals surface area (Å²) >= 11 is 0. The molecule has 1 aliphatic carbocycles. The lowest BCUT2D eigenvalue weighted by atomic mass is 10.2. The molecule has 0 aliphatic heterocycles. The number of hydrogen-bond donors (Lipinski definition) is 1. The second-order valence-corrected chi connectivity index (χ2v) is 4.44. The maximum Gasteiger partial charge on any atom is 0.0537 e. The van der Waals surface area contributed by atoms with E-state index >= 15 is 0 Å². The van der Waals surface area contributed by atoms with Crippen molar-refractivity contribution >= 4 is 0 Å². The third-order valence-corrected chi connectivity index (χ3v) is 3.05. The van der Waals surface area contributed by atoms with Crippen LogP contribution >= 0.6 is 0 Å². The predicted octanol–water partition coefficient (Wildman–Crippen LogP) is 1.86. The number of nitrogens with one attached hydrogen (secondary N) is 1. The third-order valence-electron chi connectivity index (χ3n) is 3.05. The fraction of sp³-hybridized carbons (Fsp3) is 0.615. The first-order valence-corrected chi connectivity index (χ1v) is 5.99. The van der Waals surface area contributed by atoms with E-state index in [2.05, 4.69) is 27.9 Å². The number of rotatable bonds is 6. The summed E-state index contributed by atoms with van der Waals surface area (Å²) in [5, 5.41) is 7.90. The lowest BCUT2D eigenvalue weighted by Crippen LogP contribution is -2.15. The summed E-state index contributed by atoms with van der Waals surface area (Å²) in [5.41, 5.74) is 2.58. The standard InChI is InChI=1S/C13H19N3/c1-3-4-5-8-16-11(2)12(10-15-16)9-14-13-6-7-13/h1,10,13-14H,4-9H2,2H3. The van der Waals surface area contributed by atoms with Gasteiger partial charge in [0, 0.05) is 36.8 Å². The molecule has 0 saturated heterocycles. The summed E-state index contributed by atoms with van der Waals surface area (Å²) in [6.45, 7) is 4.01. The minimum absolute atomic E-state index is 0.754. The molecule has 0 aromatic carbocycles. The fourth-order valence-corrected chi connectivity index (χ4v) is 1.76. The Labute approximate surface area is 97.2 Å². The third kappa shape index (κ3) is 2.86. The summed E-state index contributed by atoms with van der Waals surface area (Å²) < 4.78 is 2.06. The van der Waals surface area contributed by atoms with Gasteiger partial charge in [-0.05, 0) is 26.2 Å². The quantitative estimate of drug-likeness (QED) is 0.582. The largest absolute Gasteiger partial charge is 0.310 e. The maximum atomic E-state index is 5.23. The minimum atomic E-state index is 0.754. The van der Waals surface area contributed by atoms with E-state index in [1.807, 2.05) is 6.20 Å². The number of unbranched alkanes of at least 4 members (excludes halogenated alkanes) is 1. The fourth-order valence-electron chi connectivity index (χ4n) is 1.76. The van der Waals surface area contributed by atoms with E-state index in [0.717, 1.165) is 32.0 Å². The molecule has 0 radical (unpaired) electrons. The molecule has 3 nitrogen and oxygen atoms in total. The van der Waals surface area contributed by atoms with E-state index < -0.39 is 0 Å². The van der Waals surface area contributed by atoms with Crippen molar-refractivity contribution in [3.8, 4) is 12.3 Å². The van der Waals surface area contributed by atoms with Gasteiger partial charge < -0.3 is 5.32 Å². The van der Waals surface area contributed by atoms with E-state index in [0.29, 0.717) is 0 Å². The summed E-state index contributed by atoms with van der Waals surface area (Å²) in [6.07, 6.45) is 11.7. The van der Waals surface area contributed by atoms with Gasteiger partial charge in [-0.25, -0.2) is 0 Å². The van der Waals surface area contributed by atoms with Crippen molar-refractivity contribution in [2.75, 3.05) is 0 Å². The predicted molar refractivity (Wildman–Crippen MR) is 64.9 cm³/mol. The average Bonchev–Trinajstić information content (AvgIpc) is 3.04. The van der Waals surface area contributed by atoms with Crippen LogP contribution in [-0.4, -0.2) is 15.8 Å². The zero-order chi connectivity index (χ0) is 11.4. The van der Waals surface area contributed by atoms with Crippen LogP contribution in [0.25, 0.3) is 0 Å². The molecule has 1 aliphatic rings. The highest BCUT2D eigenvalue weighted by Crippen LogP contribution is 2.19. The van der Waals surface area contributed by atoms with Crippen LogP contribution in [0.15, 0.2) is 6.20 Å². The van der Waals surface area contributed by atoms with Crippen LogP contribution in [0.2, 0.25) is 0 Å². The Bertz CT molecular complexity index is 382. The highest BCUT2D eigenvalue weighted by atomic mass is 15.3. The van der Waals surface area contributed by atoms with Crippen molar-refractivity contribution in [2.24, 2.45) is 0 Å². The molecule has 1 heterocycles. The van der Waals surface area contributed by atoms with Gasteiger partial charge in [0.2, 0.25) is 0 Å². The Morgan fingerprint density at radius 1 is 1.62 bits per heavy atom. The molecule has 1 N–H and O–H groups in total. The Hall–Kier alpha value is -1.27. The van der Waals surface area contributed by atoms with Gasteiger partial charge in [-0.15, -0.1) is 12.3 Å². The first-order valence-electron chi connectivity index (χ1n) is 5.99.